The minimum absolute atomic E-state index is 0.0443. The summed E-state index contributed by atoms with van der Waals surface area (Å²) in [7, 11) is -4.37. The first kappa shape index (κ1) is 23.6. The number of sulfonamides is 1. The first-order valence-electron chi connectivity index (χ1n) is 10.1. The van der Waals surface area contributed by atoms with Gasteiger partial charge in [0.25, 0.3) is 10.0 Å². The van der Waals surface area contributed by atoms with Crippen LogP contribution in [0.25, 0.3) is 0 Å². The Labute approximate surface area is 193 Å². The summed E-state index contributed by atoms with van der Waals surface area (Å²) in [5.74, 6) is -3.25. The molecule has 0 saturated carbocycles. The average molecular weight is 492 g/mol. The molecule has 0 unspecified atom stereocenters. The van der Waals surface area contributed by atoms with Gasteiger partial charge in [0.2, 0.25) is 5.91 Å². The molecule has 0 aromatic heterocycles. The van der Waals surface area contributed by atoms with Crippen LogP contribution in [0.1, 0.15) is 5.56 Å². The molecular formula is C23H19F3N2O5S. The van der Waals surface area contributed by atoms with Gasteiger partial charge in [-0.3, -0.25) is 9.10 Å². The topological polar surface area (TPSA) is 95.9 Å². The van der Waals surface area contributed by atoms with Crippen molar-refractivity contribution in [3.8, 4) is 5.75 Å². The second-order valence-corrected chi connectivity index (χ2v) is 9.43. The lowest BCUT2D eigenvalue weighted by atomic mass is 10.1. The van der Waals surface area contributed by atoms with Gasteiger partial charge in [0.05, 0.1) is 30.2 Å². The molecule has 178 valence electrons. The molecule has 0 radical (unpaired) electrons. The Bertz CT molecular complexity index is 1330. The number of fused-ring (bicyclic) bond motifs is 1. The van der Waals surface area contributed by atoms with E-state index in [4.69, 9.17) is 4.74 Å². The summed E-state index contributed by atoms with van der Waals surface area (Å²) in [5, 5.41) is 12.2. The normalized spacial score (nSPS) is 15.4. The van der Waals surface area contributed by atoms with Crippen molar-refractivity contribution in [3.05, 3.63) is 83.7 Å². The van der Waals surface area contributed by atoms with Crippen LogP contribution in [-0.2, 0) is 21.2 Å². The van der Waals surface area contributed by atoms with E-state index in [9.17, 15) is 31.5 Å². The number of carbonyl (C=O) groups is 1. The highest BCUT2D eigenvalue weighted by Crippen LogP contribution is 2.39. The lowest BCUT2D eigenvalue weighted by Gasteiger charge is -2.35. The molecule has 4 rings (SSSR count). The zero-order valence-corrected chi connectivity index (χ0v) is 18.4. The number of nitrogens with zero attached hydrogens (tertiary/aromatic N) is 1. The Hall–Kier alpha value is -3.57. The molecule has 1 amide bonds. The van der Waals surface area contributed by atoms with Gasteiger partial charge >= 0.3 is 0 Å². The summed E-state index contributed by atoms with van der Waals surface area (Å²) in [6.07, 6.45) is -0.941. The number of rotatable bonds is 6. The molecule has 11 heteroatoms. The van der Waals surface area contributed by atoms with Crippen molar-refractivity contribution in [2.45, 2.75) is 17.4 Å². The molecule has 2 N–H and O–H groups in total. The van der Waals surface area contributed by atoms with Crippen LogP contribution in [0.15, 0.2) is 65.6 Å². The maximum absolute atomic E-state index is 13.7. The van der Waals surface area contributed by atoms with Gasteiger partial charge in [-0.15, -0.1) is 0 Å². The molecule has 1 aliphatic heterocycles. The average Bonchev–Trinajstić information content (AvgIpc) is 2.81. The number of halogens is 3. The van der Waals surface area contributed by atoms with E-state index in [1.165, 1.54) is 42.5 Å². The number of hydrogen-bond acceptors (Lipinski definition) is 5. The van der Waals surface area contributed by atoms with Gasteiger partial charge < -0.3 is 15.2 Å². The van der Waals surface area contributed by atoms with Gasteiger partial charge in [-0.05, 0) is 54.1 Å². The molecule has 0 saturated heterocycles. The van der Waals surface area contributed by atoms with Crippen LogP contribution in [0, 0.1) is 17.5 Å². The number of hydrogen-bond donors (Lipinski definition) is 2. The van der Waals surface area contributed by atoms with Crippen molar-refractivity contribution in [2.24, 2.45) is 0 Å². The van der Waals surface area contributed by atoms with Crippen LogP contribution < -0.4 is 14.4 Å². The number of amides is 1. The summed E-state index contributed by atoms with van der Waals surface area (Å²) >= 11 is 0. The Kier molecular flexibility index (Phi) is 6.49. The van der Waals surface area contributed by atoms with Crippen molar-refractivity contribution in [3.63, 3.8) is 0 Å². The Morgan fingerprint density at radius 3 is 2.44 bits per heavy atom. The van der Waals surface area contributed by atoms with Gasteiger partial charge in [0.15, 0.2) is 11.6 Å². The summed E-state index contributed by atoms with van der Waals surface area (Å²) < 4.78 is 73.2. The first-order chi connectivity index (χ1) is 16.2. The van der Waals surface area contributed by atoms with Crippen molar-refractivity contribution in [1.82, 2.24) is 0 Å². The van der Waals surface area contributed by atoms with Crippen LogP contribution in [0.5, 0.6) is 5.75 Å². The maximum atomic E-state index is 13.7. The largest absolute Gasteiger partial charge is 0.484 e. The van der Waals surface area contributed by atoms with Gasteiger partial charge in [-0.1, -0.05) is 12.1 Å². The third-order valence-electron chi connectivity index (χ3n) is 5.14. The summed E-state index contributed by atoms with van der Waals surface area (Å²) in [5.41, 5.74) is 0.880. The van der Waals surface area contributed by atoms with Crippen molar-refractivity contribution in [1.29, 1.82) is 0 Å². The van der Waals surface area contributed by atoms with E-state index in [0.717, 1.165) is 10.4 Å². The summed E-state index contributed by atoms with van der Waals surface area (Å²) in [4.78, 5) is 11.9. The minimum Gasteiger partial charge on any atom is -0.484 e. The van der Waals surface area contributed by atoms with E-state index in [1.54, 1.807) is 0 Å². The fourth-order valence-corrected chi connectivity index (χ4v) is 4.98. The fraction of sp³-hybridized carbons (Fsp3) is 0.174. The van der Waals surface area contributed by atoms with E-state index >= 15 is 0 Å². The second kappa shape index (κ2) is 9.35. The molecule has 0 spiro atoms. The van der Waals surface area contributed by atoms with E-state index in [1.807, 2.05) is 0 Å². The smallest absolute Gasteiger partial charge is 0.264 e. The number of ether oxygens (including phenoxy) is 1. The molecule has 0 fully saturated rings. The molecule has 0 aliphatic carbocycles. The molecule has 1 heterocycles. The SMILES string of the molecule is O=C(Cc1ccc(F)cc1)Nc1ccc2c(c1)N(S(=O)(=O)c1ccc(F)c(F)c1)C[C@@H](CO)O2. The molecule has 3 aromatic rings. The third-order valence-corrected chi connectivity index (χ3v) is 6.91. The predicted molar refractivity (Wildman–Crippen MR) is 118 cm³/mol. The predicted octanol–water partition coefficient (Wildman–Crippen LogP) is 3.23. The molecule has 0 bridgehead atoms. The molecule has 7 nitrogen and oxygen atoms in total. The minimum atomic E-state index is -4.37. The van der Waals surface area contributed by atoms with Crippen LogP contribution in [0.4, 0.5) is 24.5 Å². The molecule has 3 aromatic carbocycles. The number of benzene rings is 3. The number of anilines is 2. The van der Waals surface area contributed by atoms with Crippen molar-refractivity contribution < 1.29 is 36.2 Å². The zero-order valence-electron chi connectivity index (χ0n) is 17.5. The number of carbonyl (C=O) groups excluding carboxylic acids is 1. The van der Waals surface area contributed by atoms with E-state index < -0.39 is 51.0 Å². The van der Waals surface area contributed by atoms with Gasteiger partial charge in [-0.25, -0.2) is 21.6 Å². The Morgan fingerprint density at radius 1 is 1.03 bits per heavy atom. The van der Waals surface area contributed by atoms with Crippen LogP contribution in [0.3, 0.4) is 0 Å². The lowest BCUT2D eigenvalue weighted by molar-refractivity contribution is -0.115. The maximum Gasteiger partial charge on any atom is 0.264 e. The van der Waals surface area contributed by atoms with E-state index in [0.29, 0.717) is 17.7 Å². The van der Waals surface area contributed by atoms with Gasteiger partial charge in [-0.2, -0.15) is 0 Å². The highest BCUT2D eigenvalue weighted by molar-refractivity contribution is 7.92. The molecule has 1 atom stereocenters. The number of nitrogens with one attached hydrogen (secondary N) is 1. The summed E-state index contributed by atoms with van der Waals surface area (Å²) in [6.45, 7) is -0.781. The van der Waals surface area contributed by atoms with Gasteiger partial charge in [0.1, 0.15) is 17.7 Å². The Balaban J connectivity index is 1.64. The monoisotopic (exact) mass is 492 g/mol. The van der Waals surface area contributed by atoms with Crippen LogP contribution in [0.2, 0.25) is 0 Å². The number of aliphatic hydroxyl groups is 1. The standard InChI is InChI=1S/C23H19F3N2O5S/c24-15-3-1-14(2-4-15)9-23(30)27-16-5-8-22-21(10-16)28(12-17(13-29)33-22)34(31,32)18-6-7-19(25)20(26)11-18/h1-8,10-11,17,29H,9,12-13H2,(H,27,30)/t17-/m0/s1. The zero-order chi connectivity index (χ0) is 24.5. The molecule has 34 heavy (non-hydrogen) atoms. The third kappa shape index (κ3) is 4.85. The molecular weight excluding hydrogens is 473 g/mol. The van der Waals surface area contributed by atoms with Crippen molar-refractivity contribution >= 4 is 27.3 Å². The second-order valence-electron chi connectivity index (χ2n) is 7.57. The van der Waals surface area contributed by atoms with E-state index in [-0.39, 0.29) is 30.1 Å². The van der Waals surface area contributed by atoms with E-state index in [2.05, 4.69) is 5.32 Å². The van der Waals surface area contributed by atoms with Gasteiger partial charge in [0, 0.05) is 5.69 Å². The Morgan fingerprint density at radius 2 is 1.76 bits per heavy atom. The highest BCUT2D eigenvalue weighted by atomic mass is 32.2. The first-order valence-corrected chi connectivity index (χ1v) is 11.5. The quantitative estimate of drug-likeness (QED) is 0.551. The van der Waals surface area contributed by atoms with Crippen LogP contribution in [-0.4, -0.2) is 38.7 Å². The fourth-order valence-electron chi connectivity index (χ4n) is 3.47. The van der Waals surface area contributed by atoms with Crippen LogP contribution >= 0.6 is 0 Å². The lowest BCUT2D eigenvalue weighted by Crippen LogP contribution is -2.45. The highest BCUT2D eigenvalue weighted by Gasteiger charge is 2.35. The number of aliphatic hydroxyl groups excluding tert-OH is 1. The summed E-state index contributed by atoms with van der Waals surface area (Å²) in [6, 6.07) is 11.9. The van der Waals surface area contributed by atoms with Crippen molar-refractivity contribution in [2.75, 3.05) is 22.8 Å². The molecule has 1 aliphatic rings.